The van der Waals surface area contributed by atoms with Crippen LogP contribution in [0.15, 0.2) is 30.3 Å². The number of carbonyl (C=O) groups is 2. The molecule has 0 fully saturated rings. The van der Waals surface area contributed by atoms with Gasteiger partial charge in [-0.1, -0.05) is 29.8 Å². The second kappa shape index (κ2) is 7.84. The van der Waals surface area contributed by atoms with Crippen molar-refractivity contribution in [2.24, 2.45) is 0 Å². The van der Waals surface area contributed by atoms with Gasteiger partial charge in [0.2, 0.25) is 11.8 Å². The first-order valence-electron chi connectivity index (χ1n) is 6.23. The summed E-state index contributed by atoms with van der Waals surface area (Å²) in [4.78, 5) is 22.7. The standard InChI is InChI=1S/C14H14ClF3N2O2/c1-9(10-4-2-3-5-11(10)15)6-12(21)19-7-13(22)20-8-14(16,17)18/h2-6H,7-8H2,1H3,(H,19,21)(H,20,22)/b9-6-. The Kier molecular flexibility index (Phi) is 6.42. The molecule has 1 aromatic rings. The molecule has 0 spiro atoms. The van der Waals surface area contributed by atoms with E-state index in [4.69, 9.17) is 11.6 Å². The maximum absolute atomic E-state index is 11.9. The first-order chi connectivity index (χ1) is 10.2. The fraction of sp³-hybridized carbons (Fsp3) is 0.286. The number of carbonyl (C=O) groups excluding carboxylic acids is 2. The number of allylic oxidation sites excluding steroid dienone is 1. The number of rotatable bonds is 5. The van der Waals surface area contributed by atoms with Crippen LogP contribution in [0.3, 0.4) is 0 Å². The molecule has 0 radical (unpaired) electrons. The zero-order valence-corrected chi connectivity index (χ0v) is 12.4. The third-order valence-electron chi connectivity index (χ3n) is 2.56. The van der Waals surface area contributed by atoms with Crippen molar-refractivity contribution in [2.45, 2.75) is 13.1 Å². The quantitative estimate of drug-likeness (QED) is 0.813. The number of hydrogen-bond donors (Lipinski definition) is 2. The molecule has 2 amide bonds. The molecule has 120 valence electrons. The van der Waals surface area contributed by atoms with Crippen molar-refractivity contribution in [1.82, 2.24) is 10.6 Å². The van der Waals surface area contributed by atoms with Crippen molar-refractivity contribution in [3.05, 3.63) is 40.9 Å². The molecule has 0 aliphatic heterocycles. The van der Waals surface area contributed by atoms with Gasteiger partial charge in [-0.25, -0.2) is 0 Å². The molecule has 8 heteroatoms. The minimum Gasteiger partial charge on any atom is -0.345 e. The first kappa shape index (κ1) is 18.0. The SMILES string of the molecule is C/C(=C/C(=O)NCC(=O)NCC(F)(F)F)c1ccccc1Cl. The fourth-order valence-corrected chi connectivity index (χ4v) is 1.82. The minimum atomic E-state index is -4.49. The van der Waals surface area contributed by atoms with Crippen molar-refractivity contribution in [1.29, 1.82) is 0 Å². The van der Waals surface area contributed by atoms with Gasteiger partial charge in [-0.05, 0) is 24.1 Å². The molecule has 0 aliphatic rings. The van der Waals surface area contributed by atoms with Gasteiger partial charge in [0, 0.05) is 11.1 Å². The summed E-state index contributed by atoms with van der Waals surface area (Å²) < 4.78 is 35.7. The summed E-state index contributed by atoms with van der Waals surface area (Å²) in [6.07, 6.45) is -3.27. The van der Waals surface area contributed by atoms with Crippen LogP contribution in [0.5, 0.6) is 0 Å². The first-order valence-corrected chi connectivity index (χ1v) is 6.61. The summed E-state index contributed by atoms with van der Waals surface area (Å²) in [5.41, 5.74) is 1.22. The van der Waals surface area contributed by atoms with E-state index in [1.807, 2.05) is 0 Å². The van der Waals surface area contributed by atoms with E-state index in [2.05, 4.69) is 5.32 Å². The van der Waals surface area contributed by atoms with Crippen LogP contribution in [-0.2, 0) is 9.59 Å². The Bertz CT molecular complexity index is 586. The molecule has 0 atom stereocenters. The molecule has 0 bridgehead atoms. The lowest BCUT2D eigenvalue weighted by atomic mass is 10.1. The van der Waals surface area contributed by atoms with Crippen molar-refractivity contribution < 1.29 is 22.8 Å². The van der Waals surface area contributed by atoms with Crippen molar-refractivity contribution in [3.63, 3.8) is 0 Å². The zero-order chi connectivity index (χ0) is 16.8. The second-order valence-electron chi connectivity index (χ2n) is 4.42. The minimum absolute atomic E-state index is 0.465. The van der Waals surface area contributed by atoms with Gasteiger partial charge in [0.05, 0.1) is 6.54 Å². The second-order valence-corrected chi connectivity index (χ2v) is 4.82. The van der Waals surface area contributed by atoms with E-state index in [1.165, 1.54) is 6.08 Å². The van der Waals surface area contributed by atoms with Gasteiger partial charge in [-0.2, -0.15) is 13.2 Å². The molecule has 1 rings (SSSR count). The number of nitrogens with one attached hydrogen (secondary N) is 2. The molecule has 4 nitrogen and oxygen atoms in total. The van der Waals surface area contributed by atoms with Crippen LogP contribution in [0, 0.1) is 0 Å². The Morgan fingerprint density at radius 2 is 1.86 bits per heavy atom. The monoisotopic (exact) mass is 334 g/mol. The largest absolute Gasteiger partial charge is 0.405 e. The van der Waals surface area contributed by atoms with Crippen LogP contribution >= 0.6 is 11.6 Å². The highest BCUT2D eigenvalue weighted by Gasteiger charge is 2.27. The molecule has 0 aromatic heterocycles. The van der Waals surface area contributed by atoms with Crippen LogP contribution in [-0.4, -0.2) is 31.1 Å². The highest BCUT2D eigenvalue weighted by atomic mass is 35.5. The van der Waals surface area contributed by atoms with Gasteiger partial charge in [0.15, 0.2) is 0 Å². The van der Waals surface area contributed by atoms with E-state index in [0.717, 1.165) is 0 Å². The molecule has 0 aliphatic carbocycles. The van der Waals surface area contributed by atoms with Gasteiger partial charge >= 0.3 is 6.18 Å². The molecular weight excluding hydrogens is 321 g/mol. The van der Waals surface area contributed by atoms with Gasteiger partial charge in [0.25, 0.3) is 0 Å². The molecule has 1 aromatic carbocycles. The molecule has 22 heavy (non-hydrogen) atoms. The third kappa shape index (κ3) is 6.62. The van der Waals surface area contributed by atoms with E-state index in [-0.39, 0.29) is 0 Å². The Labute approximate surface area is 130 Å². The van der Waals surface area contributed by atoms with Crippen molar-refractivity contribution in [3.8, 4) is 0 Å². The fourth-order valence-electron chi connectivity index (χ4n) is 1.54. The molecule has 0 heterocycles. The predicted octanol–water partition coefficient (Wildman–Crippen LogP) is 2.54. The van der Waals surface area contributed by atoms with Crippen LogP contribution in [0.25, 0.3) is 5.57 Å². The summed E-state index contributed by atoms with van der Waals surface area (Å²) in [6, 6.07) is 6.87. The maximum Gasteiger partial charge on any atom is 0.405 e. The molecule has 0 saturated heterocycles. The van der Waals surface area contributed by atoms with E-state index in [0.29, 0.717) is 16.2 Å². The molecule has 0 saturated carbocycles. The van der Waals surface area contributed by atoms with Crippen molar-refractivity contribution >= 4 is 29.0 Å². The summed E-state index contributed by atoms with van der Waals surface area (Å²) in [5, 5.41) is 4.32. The lowest BCUT2D eigenvalue weighted by molar-refractivity contribution is -0.138. The third-order valence-corrected chi connectivity index (χ3v) is 2.89. The van der Waals surface area contributed by atoms with Gasteiger partial charge < -0.3 is 10.6 Å². The number of amides is 2. The summed E-state index contributed by atoms with van der Waals surface area (Å²) in [7, 11) is 0. The number of halogens is 4. The number of benzene rings is 1. The maximum atomic E-state index is 11.9. The summed E-state index contributed by atoms with van der Waals surface area (Å²) in [6.45, 7) is -0.318. The Morgan fingerprint density at radius 1 is 1.23 bits per heavy atom. The molecule has 2 N–H and O–H groups in total. The zero-order valence-electron chi connectivity index (χ0n) is 11.6. The van der Waals surface area contributed by atoms with Gasteiger partial charge in [0.1, 0.15) is 6.54 Å². The van der Waals surface area contributed by atoms with Gasteiger partial charge in [-0.3, -0.25) is 9.59 Å². The highest BCUT2D eigenvalue weighted by Crippen LogP contribution is 2.22. The van der Waals surface area contributed by atoms with Crippen molar-refractivity contribution in [2.75, 3.05) is 13.1 Å². The number of alkyl halides is 3. The normalized spacial score (nSPS) is 12.0. The van der Waals surface area contributed by atoms with E-state index < -0.39 is 31.1 Å². The van der Waals surface area contributed by atoms with E-state index >= 15 is 0 Å². The predicted molar refractivity (Wildman–Crippen MR) is 77.2 cm³/mol. The van der Waals surface area contributed by atoms with Crippen LogP contribution in [0.1, 0.15) is 12.5 Å². The average molecular weight is 335 g/mol. The summed E-state index contributed by atoms with van der Waals surface area (Å²) in [5.74, 6) is -1.52. The molecular formula is C14H14ClF3N2O2. The molecule has 0 unspecified atom stereocenters. The van der Waals surface area contributed by atoms with E-state index in [9.17, 15) is 22.8 Å². The Balaban J connectivity index is 2.51. The average Bonchev–Trinajstić information content (AvgIpc) is 2.42. The van der Waals surface area contributed by atoms with E-state index in [1.54, 1.807) is 36.5 Å². The topological polar surface area (TPSA) is 58.2 Å². The lowest BCUT2D eigenvalue weighted by Gasteiger charge is -2.08. The van der Waals surface area contributed by atoms with Crippen LogP contribution < -0.4 is 10.6 Å². The van der Waals surface area contributed by atoms with Crippen LogP contribution in [0.4, 0.5) is 13.2 Å². The lowest BCUT2D eigenvalue weighted by Crippen LogP contribution is -2.40. The Morgan fingerprint density at radius 3 is 2.45 bits per heavy atom. The number of hydrogen-bond acceptors (Lipinski definition) is 2. The summed E-state index contributed by atoms with van der Waals surface area (Å²) >= 11 is 5.97. The highest BCUT2D eigenvalue weighted by molar-refractivity contribution is 6.32. The van der Waals surface area contributed by atoms with Crippen LogP contribution in [0.2, 0.25) is 5.02 Å². The van der Waals surface area contributed by atoms with Gasteiger partial charge in [-0.15, -0.1) is 0 Å². The Hall–Kier alpha value is -2.02. The smallest absolute Gasteiger partial charge is 0.345 e.